The summed E-state index contributed by atoms with van der Waals surface area (Å²) in [6.07, 6.45) is 4.46. The van der Waals surface area contributed by atoms with Crippen molar-refractivity contribution in [1.29, 1.82) is 0 Å². The van der Waals surface area contributed by atoms with E-state index in [0.717, 1.165) is 24.5 Å². The fourth-order valence-corrected chi connectivity index (χ4v) is 3.00. The van der Waals surface area contributed by atoms with E-state index in [1.54, 1.807) is 0 Å². The smallest absolute Gasteiger partial charge is 0.133 e. The van der Waals surface area contributed by atoms with Crippen LogP contribution in [0.2, 0.25) is 0 Å². The average molecular weight is 262 g/mol. The zero-order valence-electron chi connectivity index (χ0n) is 12.3. The standard InChI is InChI=1S/C15H26N4/c1-4-19-10-6-7-13(19)11-18(3)15-14(12(2)16)8-5-9-17-15/h5,8-9,12-13H,4,6-7,10-11,16H2,1-3H3/t12-,13?/m1/s1. The fraction of sp³-hybridized carbons (Fsp3) is 0.667. The zero-order chi connectivity index (χ0) is 13.8. The largest absolute Gasteiger partial charge is 0.358 e. The minimum atomic E-state index is 0.0250. The summed E-state index contributed by atoms with van der Waals surface area (Å²) in [4.78, 5) is 9.34. The monoisotopic (exact) mass is 262 g/mol. The van der Waals surface area contributed by atoms with Gasteiger partial charge in [0.1, 0.15) is 5.82 Å². The van der Waals surface area contributed by atoms with Gasteiger partial charge in [0.05, 0.1) is 0 Å². The maximum Gasteiger partial charge on any atom is 0.133 e. The fourth-order valence-electron chi connectivity index (χ4n) is 3.00. The van der Waals surface area contributed by atoms with Crippen molar-refractivity contribution < 1.29 is 0 Å². The van der Waals surface area contributed by atoms with Crippen molar-refractivity contribution in [2.24, 2.45) is 5.73 Å². The highest BCUT2D eigenvalue weighted by Gasteiger charge is 2.25. The van der Waals surface area contributed by atoms with E-state index in [-0.39, 0.29) is 6.04 Å². The first kappa shape index (κ1) is 14.3. The average Bonchev–Trinajstić information content (AvgIpc) is 2.85. The molecule has 106 valence electrons. The number of nitrogens with two attached hydrogens (primary N) is 1. The topological polar surface area (TPSA) is 45.4 Å². The van der Waals surface area contributed by atoms with E-state index in [9.17, 15) is 0 Å². The van der Waals surface area contributed by atoms with Gasteiger partial charge in [0.15, 0.2) is 0 Å². The van der Waals surface area contributed by atoms with Crippen molar-refractivity contribution in [2.45, 2.75) is 38.8 Å². The summed E-state index contributed by atoms with van der Waals surface area (Å²) >= 11 is 0. The highest BCUT2D eigenvalue weighted by molar-refractivity contribution is 5.47. The third-order valence-electron chi connectivity index (χ3n) is 4.06. The van der Waals surface area contributed by atoms with E-state index < -0.39 is 0 Å². The summed E-state index contributed by atoms with van der Waals surface area (Å²) in [5.74, 6) is 1.03. The number of likely N-dealkylation sites (tertiary alicyclic amines) is 1. The number of pyridine rings is 1. The first-order chi connectivity index (χ1) is 9.13. The van der Waals surface area contributed by atoms with Crippen LogP contribution in [0.3, 0.4) is 0 Å². The van der Waals surface area contributed by atoms with Crippen LogP contribution in [-0.4, -0.2) is 42.6 Å². The molecule has 0 aromatic carbocycles. The highest BCUT2D eigenvalue weighted by Crippen LogP contribution is 2.24. The Labute approximate surface area is 116 Å². The molecule has 1 unspecified atom stereocenters. The van der Waals surface area contributed by atoms with E-state index in [2.05, 4.69) is 34.8 Å². The van der Waals surface area contributed by atoms with Crippen LogP contribution in [0.15, 0.2) is 18.3 Å². The molecule has 19 heavy (non-hydrogen) atoms. The minimum absolute atomic E-state index is 0.0250. The van der Waals surface area contributed by atoms with E-state index in [1.807, 2.05) is 19.2 Å². The first-order valence-electron chi connectivity index (χ1n) is 7.29. The highest BCUT2D eigenvalue weighted by atomic mass is 15.2. The lowest BCUT2D eigenvalue weighted by atomic mass is 10.1. The molecular weight excluding hydrogens is 236 g/mol. The molecule has 4 heteroatoms. The third kappa shape index (κ3) is 3.25. The summed E-state index contributed by atoms with van der Waals surface area (Å²) < 4.78 is 0. The summed E-state index contributed by atoms with van der Waals surface area (Å²) in [7, 11) is 2.13. The lowest BCUT2D eigenvalue weighted by Crippen LogP contribution is -2.39. The Morgan fingerprint density at radius 2 is 2.37 bits per heavy atom. The molecule has 1 aromatic rings. The molecule has 0 amide bonds. The molecule has 0 aliphatic carbocycles. The van der Waals surface area contributed by atoms with Crippen LogP contribution in [0.5, 0.6) is 0 Å². The number of hydrogen-bond acceptors (Lipinski definition) is 4. The summed E-state index contributed by atoms with van der Waals surface area (Å²) in [5, 5.41) is 0. The van der Waals surface area contributed by atoms with Gasteiger partial charge in [0, 0.05) is 37.4 Å². The number of rotatable bonds is 5. The second kappa shape index (κ2) is 6.35. The molecule has 1 aliphatic heterocycles. The molecule has 2 heterocycles. The van der Waals surface area contributed by atoms with Crippen molar-refractivity contribution in [3.05, 3.63) is 23.9 Å². The van der Waals surface area contributed by atoms with Gasteiger partial charge in [-0.3, -0.25) is 4.90 Å². The Bertz CT molecular complexity index is 405. The quantitative estimate of drug-likeness (QED) is 0.882. The van der Waals surface area contributed by atoms with Crippen LogP contribution < -0.4 is 10.6 Å². The number of anilines is 1. The van der Waals surface area contributed by atoms with Crippen molar-refractivity contribution >= 4 is 5.82 Å². The van der Waals surface area contributed by atoms with Gasteiger partial charge in [-0.25, -0.2) is 4.98 Å². The number of nitrogens with zero attached hydrogens (tertiary/aromatic N) is 3. The molecule has 2 atom stereocenters. The molecule has 2 rings (SSSR count). The number of hydrogen-bond donors (Lipinski definition) is 1. The molecule has 2 N–H and O–H groups in total. The van der Waals surface area contributed by atoms with Crippen LogP contribution in [0.4, 0.5) is 5.82 Å². The van der Waals surface area contributed by atoms with Gasteiger partial charge < -0.3 is 10.6 Å². The van der Waals surface area contributed by atoms with Gasteiger partial charge in [-0.15, -0.1) is 0 Å². The molecule has 4 nitrogen and oxygen atoms in total. The number of aromatic nitrogens is 1. The molecule has 0 saturated carbocycles. The van der Waals surface area contributed by atoms with Gasteiger partial charge in [-0.2, -0.15) is 0 Å². The van der Waals surface area contributed by atoms with Crippen molar-refractivity contribution in [2.75, 3.05) is 31.6 Å². The molecule has 1 aliphatic rings. The maximum atomic E-state index is 6.04. The molecule has 0 spiro atoms. The van der Waals surface area contributed by atoms with Crippen LogP contribution in [-0.2, 0) is 0 Å². The summed E-state index contributed by atoms with van der Waals surface area (Å²) in [6, 6.07) is 4.72. The predicted molar refractivity (Wildman–Crippen MR) is 80.4 cm³/mol. The van der Waals surface area contributed by atoms with Crippen LogP contribution in [0.25, 0.3) is 0 Å². The lowest BCUT2D eigenvalue weighted by molar-refractivity contribution is 0.270. The van der Waals surface area contributed by atoms with E-state index in [4.69, 9.17) is 5.73 Å². The SMILES string of the molecule is CCN1CCCC1CN(C)c1ncccc1[C@@H](C)N. The maximum absolute atomic E-state index is 6.04. The Hall–Kier alpha value is -1.13. The predicted octanol–water partition coefficient (Wildman–Crippen LogP) is 2.02. The summed E-state index contributed by atoms with van der Waals surface area (Å²) in [5.41, 5.74) is 7.17. The van der Waals surface area contributed by atoms with Crippen LogP contribution >= 0.6 is 0 Å². The van der Waals surface area contributed by atoms with Crippen molar-refractivity contribution in [1.82, 2.24) is 9.88 Å². The zero-order valence-corrected chi connectivity index (χ0v) is 12.3. The second-order valence-corrected chi connectivity index (χ2v) is 5.51. The normalized spacial score (nSPS) is 21.6. The van der Waals surface area contributed by atoms with Crippen molar-refractivity contribution in [3.8, 4) is 0 Å². The first-order valence-corrected chi connectivity index (χ1v) is 7.29. The van der Waals surface area contributed by atoms with E-state index >= 15 is 0 Å². The Kier molecular flexibility index (Phi) is 4.77. The molecule has 1 aromatic heterocycles. The second-order valence-electron chi connectivity index (χ2n) is 5.51. The Morgan fingerprint density at radius 1 is 1.58 bits per heavy atom. The molecule has 1 saturated heterocycles. The summed E-state index contributed by atoms with van der Waals surface area (Å²) in [6.45, 7) is 7.66. The van der Waals surface area contributed by atoms with E-state index in [1.165, 1.54) is 19.4 Å². The third-order valence-corrected chi connectivity index (χ3v) is 4.06. The van der Waals surface area contributed by atoms with Gasteiger partial charge in [0.2, 0.25) is 0 Å². The molecule has 0 radical (unpaired) electrons. The van der Waals surface area contributed by atoms with Crippen LogP contribution in [0, 0.1) is 0 Å². The van der Waals surface area contributed by atoms with Crippen LogP contribution in [0.1, 0.15) is 38.3 Å². The Balaban J connectivity index is 2.09. The molecular formula is C15H26N4. The minimum Gasteiger partial charge on any atom is -0.358 e. The molecule has 0 bridgehead atoms. The van der Waals surface area contributed by atoms with Crippen molar-refractivity contribution in [3.63, 3.8) is 0 Å². The van der Waals surface area contributed by atoms with Gasteiger partial charge in [0.25, 0.3) is 0 Å². The molecule has 1 fully saturated rings. The Morgan fingerprint density at radius 3 is 3.05 bits per heavy atom. The lowest BCUT2D eigenvalue weighted by Gasteiger charge is -2.29. The van der Waals surface area contributed by atoms with E-state index in [0.29, 0.717) is 6.04 Å². The number of likely N-dealkylation sites (N-methyl/N-ethyl adjacent to an activating group) is 2. The van der Waals surface area contributed by atoms with Gasteiger partial charge in [-0.05, 0) is 38.9 Å². The van der Waals surface area contributed by atoms with Gasteiger partial charge in [-0.1, -0.05) is 13.0 Å². The van der Waals surface area contributed by atoms with Gasteiger partial charge >= 0.3 is 0 Å².